The van der Waals surface area contributed by atoms with Gasteiger partial charge in [0.1, 0.15) is 26.9 Å². The van der Waals surface area contributed by atoms with Crippen LogP contribution < -0.4 is 69.3 Å². The van der Waals surface area contributed by atoms with Crippen LogP contribution in [0.3, 0.4) is 0 Å². The first-order chi connectivity index (χ1) is 24.3. The first-order valence-electron chi connectivity index (χ1n) is 13.6. The Morgan fingerprint density at radius 2 is 1.19 bits per heavy atom. The average molecular weight is 799 g/mol. The predicted molar refractivity (Wildman–Crippen MR) is 171 cm³/mol. The quantitative estimate of drug-likeness (QED) is 0.0474. The maximum absolute atomic E-state index is 13.4. The van der Waals surface area contributed by atoms with E-state index in [9.17, 15) is 66.6 Å². The summed E-state index contributed by atoms with van der Waals surface area (Å²) in [5.74, 6) is -4.14. The minimum absolute atomic E-state index is 0. The standard InChI is InChI=1S/C28H18N8O14S2.2Na/c37-22-8-7-19(28(40)24(22)33-32-20-11-17(51(45,46)47)12-21(27(20)39)36(43)44)31-30-15-2-1-13-9-23(52(48,49)50)25(26(38)18(13)10-15)34-29-14-3-5-16(6-4-14)35(41)42;;/h1-12,37-40H,(H,45,46,47)(H,48,49,50);;/q;2*+1/p-2. The molecule has 0 fully saturated rings. The Morgan fingerprint density at radius 3 is 1.78 bits per heavy atom. The summed E-state index contributed by atoms with van der Waals surface area (Å²) in [5.41, 5.74) is -4.46. The van der Waals surface area contributed by atoms with Crippen molar-refractivity contribution < 1.29 is 115 Å². The van der Waals surface area contributed by atoms with Gasteiger partial charge in [-0.05, 0) is 53.2 Å². The number of aromatic hydroxyl groups is 2. The molecule has 22 nitrogen and oxygen atoms in total. The van der Waals surface area contributed by atoms with Crippen LogP contribution in [-0.2, 0) is 20.2 Å². The number of phenols is 2. The van der Waals surface area contributed by atoms with Crippen molar-refractivity contribution in [3.05, 3.63) is 93.0 Å². The van der Waals surface area contributed by atoms with E-state index in [1.807, 2.05) is 0 Å². The first kappa shape index (κ1) is 43.4. The van der Waals surface area contributed by atoms with Crippen molar-refractivity contribution in [2.45, 2.75) is 9.79 Å². The Kier molecular flexibility index (Phi) is 13.6. The van der Waals surface area contributed by atoms with Crippen molar-refractivity contribution in [2.24, 2.45) is 30.7 Å². The Hall–Kier alpha value is -5.02. The van der Waals surface area contributed by atoms with Gasteiger partial charge in [-0.25, -0.2) is 0 Å². The molecule has 0 saturated carbocycles. The number of nitro groups is 2. The summed E-state index contributed by atoms with van der Waals surface area (Å²) in [5, 5.41) is 90.6. The molecule has 266 valence electrons. The van der Waals surface area contributed by atoms with Crippen molar-refractivity contribution in [2.75, 3.05) is 0 Å². The van der Waals surface area contributed by atoms with E-state index in [2.05, 4.69) is 30.7 Å². The zero-order valence-corrected chi connectivity index (χ0v) is 32.8. The summed E-state index contributed by atoms with van der Waals surface area (Å²) in [4.78, 5) is 18.4. The van der Waals surface area contributed by atoms with E-state index in [0.29, 0.717) is 12.1 Å². The van der Waals surface area contributed by atoms with E-state index in [4.69, 9.17) is 0 Å². The average Bonchev–Trinajstić information content (AvgIpc) is 3.07. The number of nitrogens with zero attached hydrogens (tertiary/aromatic N) is 8. The summed E-state index contributed by atoms with van der Waals surface area (Å²) in [6.07, 6.45) is 0. The van der Waals surface area contributed by atoms with Crippen LogP contribution in [0, 0.1) is 20.2 Å². The third-order valence-corrected chi connectivity index (χ3v) is 8.48. The van der Waals surface area contributed by atoms with Crippen LogP contribution in [0.5, 0.6) is 23.0 Å². The van der Waals surface area contributed by atoms with Gasteiger partial charge in [0.05, 0.1) is 26.9 Å². The summed E-state index contributed by atoms with van der Waals surface area (Å²) in [6.45, 7) is 0. The fourth-order valence-electron chi connectivity index (χ4n) is 4.30. The topological polar surface area (TPSA) is 356 Å². The molecule has 0 spiro atoms. The smallest absolute Gasteiger partial charge is 0.871 e. The summed E-state index contributed by atoms with van der Waals surface area (Å²) in [6, 6.07) is 11.8. The summed E-state index contributed by atoms with van der Waals surface area (Å²) >= 11 is 0. The molecule has 0 aliphatic carbocycles. The molecule has 0 radical (unpaired) electrons. The largest absolute Gasteiger partial charge is 1.00 e. The zero-order chi connectivity index (χ0) is 38.1. The molecule has 0 saturated heterocycles. The van der Waals surface area contributed by atoms with Crippen LogP contribution in [0.4, 0.5) is 45.5 Å². The molecule has 0 heterocycles. The Bertz CT molecular complexity index is 2640. The number of azo groups is 3. The second-order valence-corrected chi connectivity index (χ2v) is 12.9. The van der Waals surface area contributed by atoms with Crippen LogP contribution in [0.15, 0.2) is 113 Å². The van der Waals surface area contributed by atoms with E-state index in [1.165, 1.54) is 24.3 Å². The minimum atomic E-state index is -5.03. The van der Waals surface area contributed by atoms with Gasteiger partial charge in [-0.3, -0.25) is 29.3 Å². The number of rotatable bonds is 10. The van der Waals surface area contributed by atoms with Gasteiger partial charge in [-0.15, -0.1) is 20.5 Å². The van der Waals surface area contributed by atoms with Gasteiger partial charge in [-0.1, -0.05) is 23.6 Å². The van der Waals surface area contributed by atoms with Crippen LogP contribution in [0.1, 0.15) is 0 Å². The molecule has 26 heteroatoms. The molecule has 0 unspecified atom stereocenters. The SMILES string of the molecule is O=[N+]([O-])c1ccc(N=Nc2c(S(=O)(=O)O)cc3ccc(N=Nc4ccc([O-])c(N=Nc5cc(S(=O)(=O)O)cc([N+](=O)[O-])c5O)c4O)cc3c2[O-])cc1.[Na+].[Na+]. The molecular formula is C28H16N8Na2O14S2. The second kappa shape index (κ2) is 17.0. The van der Waals surface area contributed by atoms with Crippen molar-refractivity contribution in [1.82, 2.24) is 0 Å². The zero-order valence-electron chi connectivity index (χ0n) is 27.2. The molecule has 4 N–H and O–H groups in total. The summed E-state index contributed by atoms with van der Waals surface area (Å²) in [7, 11) is -10.0. The first-order valence-corrected chi connectivity index (χ1v) is 16.5. The number of hydrogen-bond donors (Lipinski definition) is 4. The van der Waals surface area contributed by atoms with E-state index >= 15 is 0 Å². The van der Waals surface area contributed by atoms with Crippen LogP contribution in [0.2, 0.25) is 0 Å². The molecule has 0 atom stereocenters. The molecular weight excluding hydrogens is 782 g/mol. The van der Waals surface area contributed by atoms with Gasteiger partial charge in [0.25, 0.3) is 25.9 Å². The van der Waals surface area contributed by atoms with E-state index in [1.54, 1.807) is 0 Å². The number of hydrogen-bond acceptors (Lipinski definition) is 18. The Labute approximate surface area is 345 Å². The molecule has 0 aliphatic rings. The maximum atomic E-state index is 13.4. The van der Waals surface area contributed by atoms with E-state index in [0.717, 1.165) is 36.4 Å². The Morgan fingerprint density at radius 1 is 0.593 bits per heavy atom. The number of benzene rings is 5. The molecule has 54 heavy (non-hydrogen) atoms. The second-order valence-electron chi connectivity index (χ2n) is 10.1. The molecule has 0 amide bonds. The third kappa shape index (κ3) is 9.55. The van der Waals surface area contributed by atoms with Gasteiger partial charge in [-0.2, -0.15) is 27.1 Å². The monoisotopic (exact) mass is 798 g/mol. The van der Waals surface area contributed by atoms with Gasteiger partial charge in [0.15, 0.2) is 5.75 Å². The molecule has 0 aromatic heterocycles. The fraction of sp³-hybridized carbons (Fsp3) is 0. The van der Waals surface area contributed by atoms with Crippen LogP contribution >= 0.6 is 0 Å². The van der Waals surface area contributed by atoms with Crippen molar-refractivity contribution in [3.63, 3.8) is 0 Å². The van der Waals surface area contributed by atoms with Crippen LogP contribution in [0.25, 0.3) is 10.8 Å². The van der Waals surface area contributed by atoms with Gasteiger partial charge >= 0.3 is 64.8 Å². The van der Waals surface area contributed by atoms with Gasteiger partial charge < -0.3 is 20.4 Å². The molecule has 5 rings (SSSR count). The molecule has 0 bridgehead atoms. The van der Waals surface area contributed by atoms with Gasteiger partial charge in [0.2, 0.25) is 5.75 Å². The van der Waals surface area contributed by atoms with Crippen molar-refractivity contribution in [1.29, 1.82) is 0 Å². The normalized spacial score (nSPS) is 11.9. The number of non-ortho nitro benzene ring substituents is 1. The molecule has 5 aromatic rings. The van der Waals surface area contributed by atoms with Crippen molar-refractivity contribution >= 4 is 76.5 Å². The molecule has 0 aliphatic heterocycles. The Balaban J connectivity index is 0.00000392. The number of phenolic OH excluding ortho intramolecular Hbond substituents is 2. The number of nitro benzene ring substituents is 2. The fourth-order valence-corrected chi connectivity index (χ4v) is 5.48. The summed E-state index contributed by atoms with van der Waals surface area (Å²) < 4.78 is 66.4. The predicted octanol–water partition coefficient (Wildman–Crippen LogP) is -0.0378. The third-order valence-electron chi connectivity index (χ3n) is 6.78. The maximum Gasteiger partial charge on any atom is 1.00 e. The van der Waals surface area contributed by atoms with E-state index < -0.39 is 91.3 Å². The van der Waals surface area contributed by atoms with Gasteiger partial charge in [0, 0.05) is 18.2 Å². The molecule has 5 aromatic carbocycles. The van der Waals surface area contributed by atoms with Crippen molar-refractivity contribution in [3.8, 4) is 23.0 Å². The minimum Gasteiger partial charge on any atom is -0.871 e. The van der Waals surface area contributed by atoms with Crippen LogP contribution in [-0.4, -0.2) is 46.0 Å². The number of fused-ring (bicyclic) bond motifs is 1. The van der Waals surface area contributed by atoms with E-state index in [-0.39, 0.29) is 86.9 Å².